The summed E-state index contributed by atoms with van der Waals surface area (Å²) in [6.07, 6.45) is 2.33. The van der Waals surface area contributed by atoms with Crippen molar-refractivity contribution in [3.8, 4) is 17.1 Å². The van der Waals surface area contributed by atoms with Gasteiger partial charge < -0.3 is 4.42 Å². The van der Waals surface area contributed by atoms with Crippen LogP contribution in [-0.2, 0) is 0 Å². The molecule has 1 fully saturated rings. The first-order valence-corrected chi connectivity index (χ1v) is 10.7. The Morgan fingerprint density at radius 3 is 2.62 bits per heavy atom. The van der Waals surface area contributed by atoms with Gasteiger partial charge in [0.15, 0.2) is 5.16 Å². The number of para-hydroxylation sites is 1. The highest BCUT2D eigenvalue weighted by Gasteiger charge is 2.31. The summed E-state index contributed by atoms with van der Waals surface area (Å²) in [6.45, 7) is 2.03. The monoisotopic (exact) mass is 423 g/mol. The molecule has 8 heteroatoms. The Bertz CT molecular complexity index is 1140. The fraction of sp³-hybridized carbons (Fsp3) is 0.238. The lowest BCUT2D eigenvalue weighted by molar-refractivity contribution is 0.509. The van der Waals surface area contributed by atoms with E-state index in [4.69, 9.17) is 16.0 Å². The van der Waals surface area contributed by atoms with Gasteiger partial charge in [-0.25, -0.2) is 0 Å². The lowest BCUT2D eigenvalue weighted by Crippen LogP contribution is -2.02. The fourth-order valence-corrected chi connectivity index (χ4v) is 4.22. The van der Waals surface area contributed by atoms with Gasteiger partial charge in [-0.3, -0.25) is 4.57 Å². The van der Waals surface area contributed by atoms with Crippen LogP contribution in [0.5, 0.6) is 0 Å². The van der Waals surface area contributed by atoms with E-state index in [-0.39, 0.29) is 5.25 Å². The molecule has 29 heavy (non-hydrogen) atoms. The highest BCUT2D eigenvalue weighted by Crippen LogP contribution is 2.43. The fourth-order valence-electron chi connectivity index (χ4n) is 3.13. The predicted octanol–water partition coefficient (Wildman–Crippen LogP) is 5.70. The van der Waals surface area contributed by atoms with Gasteiger partial charge in [-0.2, -0.15) is 0 Å². The van der Waals surface area contributed by atoms with Crippen LogP contribution in [0.1, 0.15) is 42.6 Å². The molecule has 5 rings (SSSR count). The third-order valence-electron chi connectivity index (χ3n) is 4.76. The number of halogens is 1. The number of hydrogen-bond donors (Lipinski definition) is 0. The van der Waals surface area contributed by atoms with Gasteiger partial charge >= 0.3 is 0 Å². The lowest BCUT2D eigenvalue weighted by Gasteiger charge is -2.11. The van der Waals surface area contributed by atoms with Crippen molar-refractivity contribution in [3.63, 3.8) is 0 Å². The molecule has 0 bridgehead atoms. The minimum atomic E-state index is -0.0749. The van der Waals surface area contributed by atoms with Crippen LogP contribution in [0.3, 0.4) is 0 Å². The smallest absolute Gasteiger partial charge is 0.247 e. The van der Waals surface area contributed by atoms with Crippen LogP contribution in [0, 0.1) is 0 Å². The zero-order valence-corrected chi connectivity index (χ0v) is 17.3. The van der Waals surface area contributed by atoms with Gasteiger partial charge in [-0.1, -0.05) is 47.6 Å². The van der Waals surface area contributed by atoms with Crippen LogP contribution >= 0.6 is 23.4 Å². The summed E-state index contributed by atoms with van der Waals surface area (Å²) in [7, 11) is 0. The van der Waals surface area contributed by atoms with E-state index in [1.807, 2.05) is 49.4 Å². The maximum Gasteiger partial charge on any atom is 0.247 e. The third kappa shape index (κ3) is 3.80. The van der Waals surface area contributed by atoms with Crippen LogP contribution < -0.4 is 0 Å². The molecule has 1 aliphatic carbocycles. The van der Waals surface area contributed by atoms with E-state index in [2.05, 4.69) is 37.1 Å². The van der Waals surface area contributed by atoms with E-state index in [0.717, 1.165) is 35.1 Å². The van der Waals surface area contributed by atoms with Gasteiger partial charge in [0.1, 0.15) is 5.82 Å². The molecule has 2 aromatic carbocycles. The van der Waals surface area contributed by atoms with Gasteiger partial charge in [-0.15, -0.1) is 20.4 Å². The van der Waals surface area contributed by atoms with E-state index in [1.54, 1.807) is 11.8 Å². The Morgan fingerprint density at radius 1 is 1.03 bits per heavy atom. The second kappa shape index (κ2) is 7.65. The highest BCUT2D eigenvalue weighted by molar-refractivity contribution is 7.99. The van der Waals surface area contributed by atoms with Crippen molar-refractivity contribution in [3.05, 3.63) is 71.3 Å². The summed E-state index contributed by atoms with van der Waals surface area (Å²) in [4.78, 5) is 0. The molecular formula is C21H18ClN5OS. The molecule has 2 heterocycles. The van der Waals surface area contributed by atoms with E-state index in [9.17, 15) is 0 Å². The molecule has 0 unspecified atom stereocenters. The molecule has 0 saturated heterocycles. The maximum atomic E-state index is 6.07. The first kappa shape index (κ1) is 18.4. The van der Waals surface area contributed by atoms with Crippen molar-refractivity contribution in [2.24, 2.45) is 0 Å². The number of nitrogens with zero attached hydrogens (tertiary/aromatic N) is 5. The Morgan fingerprint density at radius 2 is 1.86 bits per heavy atom. The molecule has 0 N–H and O–H groups in total. The van der Waals surface area contributed by atoms with Crippen molar-refractivity contribution in [1.29, 1.82) is 0 Å². The Kier molecular flexibility index (Phi) is 4.85. The van der Waals surface area contributed by atoms with Gasteiger partial charge in [0.05, 0.1) is 5.25 Å². The molecule has 6 nitrogen and oxygen atoms in total. The predicted molar refractivity (Wildman–Crippen MR) is 112 cm³/mol. The van der Waals surface area contributed by atoms with Crippen LogP contribution in [0.2, 0.25) is 5.02 Å². The van der Waals surface area contributed by atoms with Crippen molar-refractivity contribution in [2.75, 3.05) is 0 Å². The number of aromatic nitrogens is 5. The maximum absolute atomic E-state index is 6.07. The zero-order chi connectivity index (χ0) is 19.8. The molecule has 0 amide bonds. The number of thioether (sulfide) groups is 1. The van der Waals surface area contributed by atoms with Crippen LogP contribution in [0.4, 0.5) is 0 Å². The first-order chi connectivity index (χ1) is 14.2. The molecule has 146 valence electrons. The summed E-state index contributed by atoms with van der Waals surface area (Å²) in [5.74, 6) is 2.51. The highest BCUT2D eigenvalue weighted by atomic mass is 35.5. The lowest BCUT2D eigenvalue weighted by atomic mass is 10.2. The average Bonchev–Trinajstić information content (AvgIpc) is 3.31. The molecule has 2 aromatic heterocycles. The van der Waals surface area contributed by atoms with Crippen molar-refractivity contribution in [1.82, 2.24) is 25.0 Å². The molecule has 0 radical (unpaired) electrons. The van der Waals surface area contributed by atoms with Gasteiger partial charge in [0.2, 0.25) is 11.8 Å². The minimum absolute atomic E-state index is 0.0749. The first-order valence-electron chi connectivity index (χ1n) is 9.46. The quantitative estimate of drug-likeness (QED) is 0.370. The zero-order valence-electron chi connectivity index (χ0n) is 15.7. The number of benzene rings is 2. The summed E-state index contributed by atoms with van der Waals surface area (Å²) in [6, 6.07) is 17.6. The van der Waals surface area contributed by atoms with Crippen molar-refractivity contribution < 1.29 is 4.42 Å². The number of rotatable bonds is 6. The normalized spacial score (nSPS) is 14.8. The molecule has 4 aromatic rings. The van der Waals surface area contributed by atoms with E-state index in [0.29, 0.717) is 22.7 Å². The Balaban J connectivity index is 1.42. The molecule has 1 saturated carbocycles. The molecule has 1 aliphatic rings. The van der Waals surface area contributed by atoms with Gasteiger partial charge in [-0.05, 0) is 50.1 Å². The molecule has 0 spiro atoms. The Labute approximate surface area is 177 Å². The molecule has 0 aliphatic heterocycles. The summed E-state index contributed by atoms with van der Waals surface area (Å²) in [5.41, 5.74) is 1.87. The SMILES string of the molecule is C[C@H](Sc1nnc(C2CC2)n1-c1ccccc1)c1nnc(-c2cccc(Cl)c2)o1. The Hall–Kier alpha value is -2.64. The largest absolute Gasteiger partial charge is 0.419 e. The van der Waals surface area contributed by atoms with E-state index >= 15 is 0 Å². The topological polar surface area (TPSA) is 69.6 Å². The average molecular weight is 424 g/mol. The van der Waals surface area contributed by atoms with Gasteiger partial charge in [0, 0.05) is 22.2 Å². The molecular weight excluding hydrogens is 406 g/mol. The van der Waals surface area contributed by atoms with E-state index < -0.39 is 0 Å². The standard InChI is InChI=1S/C21H18ClN5OS/c1-13(19-24-25-20(28-19)15-6-5-7-16(22)12-15)29-21-26-23-18(14-10-11-14)27(21)17-8-3-2-4-9-17/h2-9,12-14H,10-11H2,1H3/t13-/m0/s1. The second-order valence-corrected chi connectivity index (χ2v) is 8.75. The van der Waals surface area contributed by atoms with Crippen LogP contribution in [0.25, 0.3) is 17.1 Å². The van der Waals surface area contributed by atoms with Crippen LogP contribution in [0.15, 0.2) is 64.2 Å². The van der Waals surface area contributed by atoms with Crippen LogP contribution in [-0.4, -0.2) is 25.0 Å². The summed E-state index contributed by atoms with van der Waals surface area (Å²) < 4.78 is 8.06. The number of hydrogen-bond acceptors (Lipinski definition) is 6. The molecule has 1 atom stereocenters. The minimum Gasteiger partial charge on any atom is -0.419 e. The summed E-state index contributed by atoms with van der Waals surface area (Å²) >= 11 is 7.63. The summed E-state index contributed by atoms with van der Waals surface area (Å²) in [5, 5.41) is 18.7. The second-order valence-electron chi connectivity index (χ2n) is 7.00. The van der Waals surface area contributed by atoms with E-state index in [1.165, 1.54) is 0 Å². The van der Waals surface area contributed by atoms with Gasteiger partial charge in [0.25, 0.3) is 0 Å². The third-order valence-corrected chi connectivity index (χ3v) is 6.02. The van der Waals surface area contributed by atoms with Crippen molar-refractivity contribution in [2.45, 2.75) is 36.1 Å². The van der Waals surface area contributed by atoms with Crippen molar-refractivity contribution >= 4 is 23.4 Å².